The fourth-order valence-electron chi connectivity index (χ4n) is 3.14. The molecule has 0 aliphatic carbocycles. The Kier molecular flexibility index (Phi) is 5.23. The first kappa shape index (κ1) is 16.6. The molecule has 4 nitrogen and oxygen atoms in total. The molecular weight excluding hydrogens is 305 g/mol. The normalized spacial score (nSPS) is 19.1. The maximum absolute atomic E-state index is 13.5. The van der Waals surface area contributed by atoms with Crippen LogP contribution in [-0.2, 0) is 4.79 Å². The summed E-state index contributed by atoms with van der Waals surface area (Å²) < 4.78 is 13.5. The molecule has 1 aliphatic rings. The molecule has 3 N–H and O–H groups in total. The minimum atomic E-state index is -0.332. The van der Waals surface area contributed by atoms with Crippen molar-refractivity contribution in [1.29, 1.82) is 0 Å². The quantitative estimate of drug-likeness (QED) is 0.906. The fourth-order valence-corrected chi connectivity index (χ4v) is 3.14. The first-order valence-corrected chi connectivity index (χ1v) is 8.21. The van der Waals surface area contributed by atoms with E-state index in [-0.39, 0.29) is 30.2 Å². The molecule has 1 amide bonds. The van der Waals surface area contributed by atoms with Gasteiger partial charge in [-0.15, -0.1) is 0 Å². The molecule has 24 heavy (non-hydrogen) atoms. The van der Waals surface area contributed by atoms with Crippen LogP contribution in [0.25, 0.3) is 0 Å². The number of nitrogens with zero attached hydrogens (tertiary/aromatic N) is 1. The van der Waals surface area contributed by atoms with E-state index in [2.05, 4.69) is 5.32 Å². The highest BCUT2D eigenvalue weighted by Crippen LogP contribution is 2.25. The van der Waals surface area contributed by atoms with Crippen molar-refractivity contribution in [3.05, 3.63) is 71.5 Å². The third kappa shape index (κ3) is 3.80. The summed E-state index contributed by atoms with van der Waals surface area (Å²) in [6.07, 6.45) is 0.246. The average molecular weight is 327 g/mol. The number of nitrogens with two attached hydrogens (primary N) is 1. The summed E-state index contributed by atoms with van der Waals surface area (Å²) in [6, 6.07) is 15.6. The van der Waals surface area contributed by atoms with Crippen LogP contribution in [0.1, 0.15) is 29.6 Å². The van der Waals surface area contributed by atoms with Crippen LogP contribution in [0.15, 0.2) is 54.6 Å². The molecule has 0 spiro atoms. The Morgan fingerprint density at radius 1 is 1.25 bits per heavy atom. The molecule has 2 aromatic rings. The van der Waals surface area contributed by atoms with E-state index >= 15 is 0 Å². The molecule has 126 valence electrons. The van der Waals surface area contributed by atoms with Crippen LogP contribution in [0.5, 0.6) is 0 Å². The number of halogens is 1. The maximum atomic E-state index is 13.5. The molecule has 5 heteroatoms. The Labute approximate surface area is 141 Å². The SMILES string of the molecule is NC(CC(=O)N1CCNCC1c1cccc(F)c1)c1ccccc1. The second-order valence-corrected chi connectivity index (χ2v) is 6.08. The van der Waals surface area contributed by atoms with Crippen LogP contribution in [0.2, 0.25) is 0 Å². The van der Waals surface area contributed by atoms with Crippen molar-refractivity contribution in [3.8, 4) is 0 Å². The monoisotopic (exact) mass is 327 g/mol. The molecule has 1 fully saturated rings. The topological polar surface area (TPSA) is 58.4 Å². The summed E-state index contributed by atoms with van der Waals surface area (Å²) in [7, 11) is 0. The number of carbonyl (C=O) groups excluding carboxylic acids is 1. The van der Waals surface area contributed by atoms with Crippen molar-refractivity contribution in [1.82, 2.24) is 10.2 Å². The van der Waals surface area contributed by atoms with Gasteiger partial charge < -0.3 is 16.0 Å². The van der Waals surface area contributed by atoms with Crippen molar-refractivity contribution >= 4 is 5.91 Å². The molecule has 0 bridgehead atoms. The van der Waals surface area contributed by atoms with Crippen LogP contribution in [0.4, 0.5) is 4.39 Å². The van der Waals surface area contributed by atoms with Gasteiger partial charge in [0.25, 0.3) is 0 Å². The number of hydrogen-bond acceptors (Lipinski definition) is 3. The zero-order valence-corrected chi connectivity index (χ0v) is 13.5. The van der Waals surface area contributed by atoms with Gasteiger partial charge in [-0.2, -0.15) is 0 Å². The van der Waals surface area contributed by atoms with Gasteiger partial charge in [-0.05, 0) is 23.3 Å². The molecule has 0 radical (unpaired) electrons. The van der Waals surface area contributed by atoms with Gasteiger partial charge in [0.15, 0.2) is 0 Å². The summed E-state index contributed by atoms with van der Waals surface area (Å²) in [5.41, 5.74) is 7.94. The van der Waals surface area contributed by atoms with Gasteiger partial charge in [-0.1, -0.05) is 42.5 Å². The predicted molar refractivity (Wildman–Crippen MR) is 91.7 cm³/mol. The Morgan fingerprint density at radius 3 is 2.79 bits per heavy atom. The molecule has 1 heterocycles. The average Bonchev–Trinajstić information content (AvgIpc) is 2.62. The summed E-state index contributed by atoms with van der Waals surface area (Å²) in [5.74, 6) is -0.284. The van der Waals surface area contributed by atoms with Crippen molar-refractivity contribution in [3.63, 3.8) is 0 Å². The van der Waals surface area contributed by atoms with Crippen molar-refractivity contribution in [2.24, 2.45) is 5.73 Å². The Bertz CT molecular complexity index is 692. The molecule has 1 saturated heterocycles. The van der Waals surface area contributed by atoms with Gasteiger partial charge in [-0.25, -0.2) is 4.39 Å². The fraction of sp³-hybridized carbons (Fsp3) is 0.316. The van der Waals surface area contributed by atoms with E-state index in [0.29, 0.717) is 13.1 Å². The van der Waals surface area contributed by atoms with E-state index in [1.54, 1.807) is 6.07 Å². The lowest BCUT2D eigenvalue weighted by Gasteiger charge is -2.37. The summed E-state index contributed by atoms with van der Waals surface area (Å²) in [6.45, 7) is 1.95. The largest absolute Gasteiger partial charge is 0.333 e. The molecule has 2 unspecified atom stereocenters. The minimum absolute atomic E-state index is 0.00196. The molecule has 1 aliphatic heterocycles. The maximum Gasteiger partial charge on any atom is 0.225 e. The Balaban J connectivity index is 1.74. The number of rotatable bonds is 4. The highest BCUT2D eigenvalue weighted by molar-refractivity contribution is 5.77. The van der Waals surface area contributed by atoms with E-state index in [1.807, 2.05) is 41.3 Å². The molecule has 3 rings (SSSR count). The van der Waals surface area contributed by atoms with Gasteiger partial charge >= 0.3 is 0 Å². The van der Waals surface area contributed by atoms with Crippen molar-refractivity contribution in [2.45, 2.75) is 18.5 Å². The zero-order chi connectivity index (χ0) is 16.9. The Morgan fingerprint density at radius 2 is 2.04 bits per heavy atom. The van der Waals surface area contributed by atoms with Crippen molar-refractivity contribution in [2.75, 3.05) is 19.6 Å². The number of amides is 1. The summed E-state index contributed by atoms with van der Waals surface area (Å²) >= 11 is 0. The second-order valence-electron chi connectivity index (χ2n) is 6.08. The third-order valence-electron chi connectivity index (χ3n) is 4.42. The van der Waals surface area contributed by atoms with Crippen LogP contribution in [0, 0.1) is 5.82 Å². The van der Waals surface area contributed by atoms with E-state index < -0.39 is 0 Å². The van der Waals surface area contributed by atoms with E-state index in [0.717, 1.165) is 17.7 Å². The van der Waals surface area contributed by atoms with Gasteiger partial charge in [0.1, 0.15) is 5.82 Å². The van der Waals surface area contributed by atoms with Gasteiger partial charge in [0, 0.05) is 32.1 Å². The first-order valence-electron chi connectivity index (χ1n) is 8.21. The van der Waals surface area contributed by atoms with Crippen LogP contribution < -0.4 is 11.1 Å². The summed E-state index contributed by atoms with van der Waals surface area (Å²) in [5, 5.41) is 3.28. The van der Waals surface area contributed by atoms with Crippen molar-refractivity contribution < 1.29 is 9.18 Å². The highest BCUT2D eigenvalue weighted by Gasteiger charge is 2.29. The number of nitrogens with one attached hydrogen (secondary N) is 1. The van der Waals surface area contributed by atoms with E-state index in [4.69, 9.17) is 5.73 Å². The molecular formula is C19H22FN3O. The number of benzene rings is 2. The van der Waals surface area contributed by atoms with Gasteiger partial charge in [0.05, 0.1) is 6.04 Å². The molecule has 0 aromatic heterocycles. The van der Waals surface area contributed by atoms with Crippen LogP contribution >= 0.6 is 0 Å². The lowest BCUT2D eigenvalue weighted by molar-refractivity contribution is -0.135. The third-order valence-corrected chi connectivity index (χ3v) is 4.42. The van der Waals surface area contributed by atoms with Crippen LogP contribution in [-0.4, -0.2) is 30.4 Å². The first-order chi connectivity index (χ1) is 11.6. The standard InChI is InChI=1S/C19H22FN3O/c20-16-8-4-7-15(11-16)18-13-22-9-10-23(18)19(24)12-17(21)14-5-2-1-3-6-14/h1-8,11,17-18,22H,9-10,12-13,21H2. The molecule has 0 saturated carbocycles. The zero-order valence-electron chi connectivity index (χ0n) is 13.5. The number of piperazine rings is 1. The minimum Gasteiger partial charge on any atom is -0.333 e. The van der Waals surface area contributed by atoms with Gasteiger partial charge in [-0.3, -0.25) is 4.79 Å². The van der Waals surface area contributed by atoms with Gasteiger partial charge in [0.2, 0.25) is 5.91 Å². The smallest absolute Gasteiger partial charge is 0.225 e. The second kappa shape index (κ2) is 7.55. The molecule has 2 atom stereocenters. The number of hydrogen-bond donors (Lipinski definition) is 2. The predicted octanol–water partition coefficient (Wildman–Crippen LogP) is 2.39. The molecule has 2 aromatic carbocycles. The number of carbonyl (C=O) groups is 1. The van der Waals surface area contributed by atoms with Crippen LogP contribution in [0.3, 0.4) is 0 Å². The van der Waals surface area contributed by atoms with E-state index in [9.17, 15) is 9.18 Å². The van der Waals surface area contributed by atoms with E-state index in [1.165, 1.54) is 12.1 Å². The highest BCUT2D eigenvalue weighted by atomic mass is 19.1. The lowest BCUT2D eigenvalue weighted by atomic mass is 10.00. The summed E-state index contributed by atoms with van der Waals surface area (Å²) in [4.78, 5) is 14.6. The Hall–Kier alpha value is -2.24. The lowest BCUT2D eigenvalue weighted by Crippen LogP contribution is -2.49.